The molecule has 1 aliphatic rings. The molecule has 1 saturated heterocycles. The minimum atomic E-state index is 0.915. The van der Waals surface area contributed by atoms with E-state index >= 15 is 0 Å². The number of rotatable bonds is 6. The Morgan fingerprint density at radius 2 is 1.86 bits per heavy atom. The van der Waals surface area contributed by atoms with Crippen LogP contribution >= 0.6 is 0 Å². The van der Waals surface area contributed by atoms with Crippen LogP contribution < -0.4 is 5.32 Å². The minimum absolute atomic E-state index is 0.915. The number of aromatic nitrogens is 2. The maximum atomic E-state index is 4.47. The maximum Gasteiger partial charge on any atom is 0.0887 e. The fourth-order valence-corrected chi connectivity index (χ4v) is 2.71. The Bertz CT molecular complexity index is 532. The van der Waals surface area contributed by atoms with E-state index < -0.39 is 0 Å². The quantitative estimate of drug-likeness (QED) is 0.827. The van der Waals surface area contributed by atoms with Crippen molar-refractivity contribution < 1.29 is 0 Å². The number of hydrogen-bond acceptors (Lipinski definition) is 4. The second-order valence-electron chi connectivity index (χ2n) is 5.48. The molecule has 0 saturated carbocycles. The molecule has 2 aromatic heterocycles. The molecule has 1 N–H and O–H groups in total. The third kappa shape index (κ3) is 4.02. The lowest BCUT2D eigenvalue weighted by atomic mass is 10.2. The van der Waals surface area contributed by atoms with Gasteiger partial charge in [0, 0.05) is 12.7 Å². The van der Waals surface area contributed by atoms with Crippen molar-refractivity contribution in [1.29, 1.82) is 0 Å². The van der Waals surface area contributed by atoms with E-state index in [1.54, 1.807) is 6.20 Å². The number of nitrogens with zero attached hydrogens (tertiary/aromatic N) is 3. The molecule has 110 valence electrons. The molecule has 0 unspecified atom stereocenters. The van der Waals surface area contributed by atoms with Crippen molar-refractivity contribution in [2.24, 2.45) is 0 Å². The summed E-state index contributed by atoms with van der Waals surface area (Å²) < 4.78 is 0. The zero-order valence-electron chi connectivity index (χ0n) is 12.3. The largest absolute Gasteiger partial charge is 0.384 e. The van der Waals surface area contributed by atoms with Gasteiger partial charge in [-0.3, -0.25) is 9.97 Å². The molecule has 4 nitrogen and oxygen atoms in total. The topological polar surface area (TPSA) is 41.0 Å². The average Bonchev–Trinajstić information content (AvgIpc) is 3.06. The molecule has 3 heterocycles. The van der Waals surface area contributed by atoms with Gasteiger partial charge < -0.3 is 10.2 Å². The van der Waals surface area contributed by atoms with Crippen LogP contribution in [0.4, 0.5) is 5.69 Å². The molecule has 0 aromatic carbocycles. The van der Waals surface area contributed by atoms with Crippen LogP contribution in [0.25, 0.3) is 11.4 Å². The molecule has 4 heteroatoms. The zero-order valence-corrected chi connectivity index (χ0v) is 12.3. The fraction of sp³-hybridized carbons (Fsp3) is 0.412. The maximum absolute atomic E-state index is 4.47. The highest BCUT2D eigenvalue weighted by molar-refractivity contribution is 5.56. The van der Waals surface area contributed by atoms with E-state index in [0.29, 0.717) is 0 Å². The van der Waals surface area contributed by atoms with Gasteiger partial charge in [0.25, 0.3) is 0 Å². The lowest BCUT2D eigenvalue weighted by molar-refractivity contribution is 0.337. The van der Waals surface area contributed by atoms with E-state index in [1.807, 2.05) is 30.5 Å². The highest BCUT2D eigenvalue weighted by atomic mass is 15.1. The van der Waals surface area contributed by atoms with Crippen LogP contribution in [0.15, 0.2) is 42.7 Å². The van der Waals surface area contributed by atoms with Crippen LogP contribution in [0, 0.1) is 0 Å². The predicted octanol–water partition coefficient (Wildman–Crippen LogP) is 3.04. The van der Waals surface area contributed by atoms with Crippen molar-refractivity contribution in [1.82, 2.24) is 14.9 Å². The summed E-state index contributed by atoms with van der Waals surface area (Å²) in [5.74, 6) is 0. The van der Waals surface area contributed by atoms with Crippen LogP contribution in [0.2, 0.25) is 0 Å². The van der Waals surface area contributed by atoms with Gasteiger partial charge >= 0.3 is 0 Å². The molecule has 0 radical (unpaired) electrons. The van der Waals surface area contributed by atoms with Crippen LogP contribution in [0.3, 0.4) is 0 Å². The van der Waals surface area contributed by atoms with Crippen LogP contribution in [-0.2, 0) is 0 Å². The molecule has 0 amide bonds. The lowest BCUT2D eigenvalue weighted by Crippen LogP contribution is -2.22. The standard InChI is InChI=1S/C17H22N4/c1-2-9-19-16(6-1)17-8-7-15(14-20-17)18-10-5-13-21-11-3-4-12-21/h1-2,6-9,14,18H,3-5,10-13H2. The first-order valence-electron chi connectivity index (χ1n) is 7.75. The molecule has 1 aliphatic heterocycles. The predicted molar refractivity (Wildman–Crippen MR) is 86.2 cm³/mol. The lowest BCUT2D eigenvalue weighted by Gasteiger charge is -2.14. The summed E-state index contributed by atoms with van der Waals surface area (Å²) in [5, 5.41) is 3.44. The van der Waals surface area contributed by atoms with Crippen molar-refractivity contribution in [2.75, 3.05) is 31.5 Å². The number of likely N-dealkylation sites (tertiary alicyclic amines) is 1. The summed E-state index contributed by atoms with van der Waals surface area (Å²) in [5.41, 5.74) is 2.91. The fourth-order valence-electron chi connectivity index (χ4n) is 2.71. The van der Waals surface area contributed by atoms with E-state index in [1.165, 1.54) is 38.9 Å². The first kappa shape index (κ1) is 14.0. The summed E-state index contributed by atoms with van der Waals surface area (Å²) in [6.07, 6.45) is 7.60. The first-order valence-corrected chi connectivity index (χ1v) is 7.75. The summed E-state index contributed by atoms with van der Waals surface area (Å²) >= 11 is 0. The summed E-state index contributed by atoms with van der Waals surface area (Å²) in [7, 11) is 0. The zero-order chi connectivity index (χ0) is 14.3. The highest BCUT2D eigenvalue weighted by Crippen LogP contribution is 2.15. The monoisotopic (exact) mass is 282 g/mol. The van der Waals surface area contributed by atoms with Crippen molar-refractivity contribution in [3.05, 3.63) is 42.7 Å². The minimum Gasteiger partial charge on any atom is -0.384 e. The van der Waals surface area contributed by atoms with Crippen LogP contribution in [0.1, 0.15) is 19.3 Å². The molecular formula is C17H22N4. The molecule has 0 bridgehead atoms. The van der Waals surface area contributed by atoms with Gasteiger partial charge in [-0.1, -0.05) is 6.07 Å². The van der Waals surface area contributed by atoms with Gasteiger partial charge in [-0.25, -0.2) is 0 Å². The van der Waals surface area contributed by atoms with Gasteiger partial charge in [0.05, 0.1) is 23.3 Å². The average molecular weight is 282 g/mol. The van der Waals surface area contributed by atoms with E-state index in [-0.39, 0.29) is 0 Å². The highest BCUT2D eigenvalue weighted by Gasteiger charge is 2.09. The van der Waals surface area contributed by atoms with Gasteiger partial charge in [0.1, 0.15) is 0 Å². The molecule has 1 fully saturated rings. The Labute approximate surface area is 126 Å². The second kappa shape index (κ2) is 7.18. The number of nitrogens with one attached hydrogen (secondary N) is 1. The Morgan fingerprint density at radius 1 is 1.00 bits per heavy atom. The molecule has 3 rings (SSSR count). The van der Waals surface area contributed by atoms with Gasteiger partial charge in [-0.05, 0) is 63.2 Å². The molecule has 21 heavy (non-hydrogen) atoms. The second-order valence-corrected chi connectivity index (χ2v) is 5.48. The van der Waals surface area contributed by atoms with Crippen molar-refractivity contribution >= 4 is 5.69 Å². The smallest absolute Gasteiger partial charge is 0.0887 e. The third-order valence-corrected chi connectivity index (χ3v) is 3.87. The van der Waals surface area contributed by atoms with Gasteiger partial charge in [-0.15, -0.1) is 0 Å². The number of hydrogen-bond donors (Lipinski definition) is 1. The van der Waals surface area contributed by atoms with Gasteiger partial charge in [-0.2, -0.15) is 0 Å². The van der Waals surface area contributed by atoms with Crippen molar-refractivity contribution in [3.8, 4) is 11.4 Å². The van der Waals surface area contributed by atoms with Gasteiger partial charge in [0.15, 0.2) is 0 Å². The summed E-state index contributed by atoms with van der Waals surface area (Å²) in [6.45, 7) is 4.76. The molecule has 0 spiro atoms. The van der Waals surface area contributed by atoms with Gasteiger partial charge in [0.2, 0.25) is 0 Å². The molecule has 2 aromatic rings. The molecule has 0 atom stereocenters. The molecule has 0 aliphatic carbocycles. The SMILES string of the molecule is c1ccc(-c2ccc(NCCCN3CCCC3)cn2)nc1. The number of pyridine rings is 2. The Balaban J connectivity index is 1.46. The summed E-state index contributed by atoms with van der Waals surface area (Å²) in [4.78, 5) is 11.3. The third-order valence-electron chi connectivity index (χ3n) is 3.87. The Kier molecular flexibility index (Phi) is 4.79. The van der Waals surface area contributed by atoms with E-state index in [4.69, 9.17) is 0 Å². The van der Waals surface area contributed by atoms with E-state index in [2.05, 4.69) is 26.3 Å². The number of anilines is 1. The van der Waals surface area contributed by atoms with E-state index in [0.717, 1.165) is 23.6 Å². The normalized spacial score (nSPS) is 15.2. The molecular weight excluding hydrogens is 260 g/mol. The Hall–Kier alpha value is -1.94. The summed E-state index contributed by atoms with van der Waals surface area (Å²) in [6, 6.07) is 9.97. The van der Waals surface area contributed by atoms with Crippen molar-refractivity contribution in [3.63, 3.8) is 0 Å². The Morgan fingerprint density at radius 3 is 2.57 bits per heavy atom. The first-order chi connectivity index (χ1) is 10.4. The van der Waals surface area contributed by atoms with Crippen molar-refractivity contribution in [2.45, 2.75) is 19.3 Å². The van der Waals surface area contributed by atoms with Crippen LogP contribution in [-0.4, -0.2) is 41.0 Å². The van der Waals surface area contributed by atoms with E-state index in [9.17, 15) is 0 Å². The van der Waals surface area contributed by atoms with Crippen LogP contribution in [0.5, 0.6) is 0 Å².